The van der Waals surface area contributed by atoms with E-state index in [0.717, 1.165) is 0 Å². The Kier molecular flexibility index (Phi) is 6.89. The number of H-pyrrole nitrogens is 1. The van der Waals surface area contributed by atoms with E-state index >= 15 is 0 Å². The van der Waals surface area contributed by atoms with Gasteiger partial charge < -0.3 is 24.5 Å². The lowest BCUT2D eigenvalue weighted by atomic mass is 10.4. The first-order valence-electron chi connectivity index (χ1n) is 7.74. The standard InChI is InChI=1S/C14H22N5O5P/c1-23-7-5-8-24-25(21,22)9-4-2-3-6-19-10-16-11-12(19)17-14(15)18-13(11)20/h2-3,10H,4-9H2,1H3,(H,21,22)(H3,15,17,18,20)/b3-2-. The van der Waals surface area contributed by atoms with Gasteiger partial charge in [0, 0.05) is 20.3 Å². The fraction of sp³-hybridized carbons (Fsp3) is 0.500. The smallest absolute Gasteiger partial charge is 0.328 e. The number of nitrogens with two attached hydrogens (primary N) is 1. The van der Waals surface area contributed by atoms with Crippen LogP contribution in [0.5, 0.6) is 0 Å². The van der Waals surface area contributed by atoms with E-state index in [2.05, 4.69) is 15.0 Å². The van der Waals surface area contributed by atoms with Gasteiger partial charge in [-0.25, -0.2) is 4.98 Å². The van der Waals surface area contributed by atoms with Crippen LogP contribution in [0.4, 0.5) is 5.95 Å². The lowest BCUT2D eigenvalue weighted by Gasteiger charge is -2.10. The number of hydrogen-bond acceptors (Lipinski definition) is 7. The van der Waals surface area contributed by atoms with E-state index in [4.69, 9.17) is 15.0 Å². The van der Waals surface area contributed by atoms with E-state index in [0.29, 0.717) is 31.6 Å². The Labute approximate surface area is 144 Å². The van der Waals surface area contributed by atoms with Gasteiger partial charge in [0.05, 0.1) is 19.1 Å². The third-order valence-corrected chi connectivity index (χ3v) is 4.74. The van der Waals surface area contributed by atoms with Crippen LogP contribution in [0.2, 0.25) is 0 Å². The van der Waals surface area contributed by atoms with Crippen molar-refractivity contribution in [1.82, 2.24) is 19.5 Å². The van der Waals surface area contributed by atoms with Crippen molar-refractivity contribution in [3.05, 3.63) is 28.8 Å². The Hall–Kier alpha value is -2.00. The number of anilines is 1. The molecule has 2 heterocycles. The highest BCUT2D eigenvalue weighted by atomic mass is 31.2. The van der Waals surface area contributed by atoms with E-state index < -0.39 is 13.2 Å². The third kappa shape index (κ3) is 5.79. The first kappa shape index (κ1) is 19.3. The van der Waals surface area contributed by atoms with E-state index in [1.165, 1.54) is 6.33 Å². The van der Waals surface area contributed by atoms with Crippen LogP contribution in [-0.2, 0) is 20.4 Å². The maximum Gasteiger partial charge on any atom is 0.328 e. The predicted octanol–water partition coefficient (Wildman–Crippen LogP) is 0.887. The Morgan fingerprint density at radius 1 is 1.44 bits per heavy atom. The van der Waals surface area contributed by atoms with Gasteiger partial charge in [0.1, 0.15) is 0 Å². The Morgan fingerprint density at radius 2 is 2.24 bits per heavy atom. The molecule has 10 nitrogen and oxygen atoms in total. The van der Waals surface area contributed by atoms with Crippen molar-refractivity contribution in [2.45, 2.75) is 19.4 Å². The molecule has 0 saturated carbocycles. The Morgan fingerprint density at radius 3 is 3.00 bits per heavy atom. The van der Waals surface area contributed by atoms with Crippen LogP contribution in [0.25, 0.3) is 11.2 Å². The molecule has 0 spiro atoms. The fourth-order valence-corrected chi connectivity index (χ4v) is 3.14. The first-order valence-corrected chi connectivity index (χ1v) is 9.50. The molecule has 0 aliphatic carbocycles. The average Bonchev–Trinajstić information content (AvgIpc) is 2.94. The SMILES string of the molecule is COCCCOP(=O)(O)CC/C=C\Cn1cnc2c(=O)[nH]c(N)nc21. The normalized spacial score (nSPS) is 14.3. The molecule has 138 valence electrons. The molecule has 0 fully saturated rings. The minimum atomic E-state index is -3.59. The number of aromatic amines is 1. The lowest BCUT2D eigenvalue weighted by Crippen LogP contribution is -2.12. The van der Waals surface area contributed by atoms with Crippen LogP contribution in [0.15, 0.2) is 23.3 Å². The minimum absolute atomic E-state index is 0.0232. The number of allylic oxidation sites excluding steroid dienone is 2. The first-order chi connectivity index (χ1) is 11.9. The van der Waals surface area contributed by atoms with Gasteiger partial charge in [-0.2, -0.15) is 4.98 Å². The average molecular weight is 371 g/mol. The molecular weight excluding hydrogens is 349 g/mol. The van der Waals surface area contributed by atoms with Crippen molar-refractivity contribution in [1.29, 1.82) is 0 Å². The molecule has 1 unspecified atom stereocenters. The summed E-state index contributed by atoms with van der Waals surface area (Å²) in [6.07, 6.45) is 6.05. The largest absolute Gasteiger partial charge is 0.385 e. The van der Waals surface area contributed by atoms with Crippen molar-refractivity contribution in [3.8, 4) is 0 Å². The molecular formula is C14H22N5O5P. The van der Waals surface area contributed by atoms with Gasteiger partial charge in [0.25, 0.3) is 5.56 Å². The number of nitrogens with zero attached hydrogens (tertiary/aromatic N) is 3. The molecule has 1 atom stereocenters. The molecule has 0 aliphatic rings. The van der Waals surface area contributed by atoms with Crippen LogP contribution >= 0.6 is 7.60 Å². The quantitative estimate of drug-likeness (QED) is 0.317. The second kappa shape index (κ2) is 8.91. The van der Waals surface area contributed by atoms with Crippen molar-refractivity contribution in [2.24, 2.45) is 0 Å². The summed E-state index contributed by atoms with van der Waals surface area (Å²) < 4.78 is 23.3. The van der Waals surface area contributed by atoms with Gasteiger partial charge >= 0.3 is 7.60 Å². The summed E-state index contributed by atoms with van der Waals surface area (Å²) in [7, 11) is -2.02. The van der Waals surface area contributed by atoms with Crippen LogP contribution in [0, 0.1) is 0 Å². The number of nitrogens with one attached hydrogen (secondary N) is 1. The van der Waals surface area contributed by atoms with Gasteiger partial charge in [0.15, 0.2) is 11.2 Å². The van der Waals surface area contributed by atoms with Crippen molar-refractivity contribution in [2.75, 3.05) is 32.2 Å². The number of aromatic nitrogens is 4. The van der Waals surface area contributed by atoms with Crippen molar-refractivity contribution >= 4 is 24.7 Å². The summed E-state index contributed by atoms with van der Waals surface area (Å²) in [6, 6.07) is 0. The number of nitrogen functional groups attached to an aromatic ring is 1. The Balaban J connectivity index is 1.84. The summed E-state index contributed by atoms with van der Waals surface area (Å²) in [5.74, 6) is 0.0232. The number of ether oxygens (including phenoxy) is 1. The van der Waals surface area contributed by atoms with Crippen LogP contribution in [-0.4, -0.2) is 50.9 Å². The third-order valence-electron chi connectivity index (χ3n) is 3.33. The highest BCUT2D eigenvalue weighted by molar-refractivity contribution is 7.52. The van der Waals surface area contributed by atoms with Gasteiger partial charge in [0.2, 0.25) is 5.95 Å². The second-order valence-electron chi connectivity index (χ2n) is 5.32. The van der Waals surface area contributed by atoms with Crippen molar-refractivity contribution in [3.63, 3.8) is 0 Å². The number of imidazole rings is 1. The molecule has 2 aromatic rings. The number of rotatable bonds is 10. The molecule has 2 aromatic heterocycles. The molecule has 0 aliphatic heterocycles. The molecule has 0 radical (unpaired) electrons. The second-order valence-corrected chi connectivity index (χ2v) is 7.30. The van der Waals surface area contributed by atoms with Crippen molar-refractivity contribution < 1.29 is 18.7 Å². The number of hydrogen-bond donors (Lipinski definition) is 3. The van der Waals surface area contributed by atoms with E-state index in [-0.39, 0.29) is 24.2 Å². The zero-order valence-corrected chi connectivity index (χ0v) is 14.8. The molecule has 11 heteroatoms. The van der Waals surface area contributed by atoms with Crippen LogP contribution in [0.1, 0.15) is 12.8 Å². The van der Waals surface area contributed by atoms with Gasteiger partial charge in [-0.3, -0.25) is 14.3 Å². The highest BCUT2D eigenvalue weighted by Crippen LogP contribution is 2.42. The minimum Gasteiger partial charge on any atom is -0.385 e. The topological polar surface area (TPSA) is 145 Å². The maximum atomic E-state index is 11.8. The van der Waals surface area contributed by atoms with E-state index in [1.807, 2.05) is 0 Å². The fourth-order valence-electron chi connectivity index (χ4n) is 2.12. The molecule has 4 N–H and O–H groups in total. The van der Waals surface area contributed by atoms with E-state index in [1.54, 1.807) is 23.8 Å². The molecule has 0 aromatic carbocycles. The summed E-state index contributed by atoms with van der Waals surface area (Å²) in [6.45, 7) is 1.09. The zero-order valence-electron chi connectivity index (χ0n) is 13.9. The highest BCUT2D eigenvalue weighted by Gasteiger charge is 2.17. The summed E-state index contributed by atoms with van der Waals surface area (Å²) in [5.41, 5.74) is 5.74. The molecule has 0 bridgehead atoms. The molecule has 0 saturated heterocycles. The predicted molar refractivity (Wildman–Crippen MR) is 93.5 cm³/mol. The Bertz CT molecular complexity index is 831. The molecule has 0 amide bonds. The lowest BCUT2D eigenvalue weighted by molar-refractivity contribution is 0.166. The zero-order chi connectivity index (χ0) is 18.3. The number of methoxy groups -OCH3 is 1. The number of fused-ring (bicyclic) bond motifs is 1. The summed E-state index contributed by atoms with van der Waals surface area (Å²) >= 11 is 0. The molecule has 25 heavy (non-hydrogen) atoms. The summed E-state index contributed by atoms with van der Waals surface area (Å²) in [5, 5.41) is 0. The summed E-state index contributed by atoms with van der Waals surface area (Å²) in [4.78, 5) is 31.8. The van der Waals surface area contributed by atoms with Gasteiger partial charge in [-0.05, 0) is 12.8 Å². The van der Waals surface area contributed by atoms with Gasteiger partial charge in [-0.1, -0.05) is 12.2 Å². The van der Waals surface area contributed by atoms with E-state index in [9.17, 15) is 14.3 Å². The van der Waals surface area contributed by atoms with Crippen LogP contribution < -0.4 is 11.3 Å². The monoisotopic (exact) mass is 371 g/mol. The van der Waals surface area contributed by atoms with Crippen LogP contribution in [0.3, 0.4) is 0 Å². The van der Waals surface area contributed by atoms with Gasteiger partial charge in [-0.15, -0.1) is 0 Å². The molecule has 2 rings (SSSR count). The maximum absolute atomic E-state index is 11.8.